The van der Waals surface area contributed by atoms with E-state index >= 15 is 0 Å². The van der Waals surface area contributed by atoms with Gasteiger partial charge in [-0.1, -0.05) is 23.7 Å². The van der Waals surface area contributed by atoms with Gasteiger partial charge in [0.2, 0.25) is 0 Å². The zero-order valence-corrected chi connectivity index (χ0v) is 12.6. The molecule has 0 spiro atoms. The lowest BCUT2D eigenvalue weighted by molar-refractivity contribution is -0.137. The van der Waals surface area contributed by atoms with E-state index in [2.05, 4.69) is 10.1 Å². The van der Waals surface area contributed by atoms with E-state index in [-0.39, 0.29) is 11.7 Å². The summed E-state index contributed by atoms with van der Waals surface area (Å²) in [6.45, 7) is 2.11. The van der Waals surface area contributed by atoms with Crippen LogP contribution in [0.5, 0.6) is 0 Å². The summed E-state index contributed by atoms with van der Waals surface area (Å²) in [5, 5.41) is 3.91. The second kappa shape index (κ2) is 9.20. The van der Waals surface area contributed by atoms with Gasteiger partial charge < -0.3 is 14.8 Å². The lowest BCUT2D eigenvalue weighted by atomic mass is 10.2. The first-order valence-electron chi connectivity index (χ1n) is 5.85. The Balaban J connectivity index is 2.63. The molecule has 0 amide bonds. The molecule has 19 heavy (non-hydrogen) atoms. The summed E-state index contributed by atoms with van der Waals surface area (Å²) in [6.07, 6.45) is 0. The summed E-state index contributed by atoms with van der Waals surface area (Å²) in [5.74, 6) is -0.00565. The highest BCUT2D eigenvalue weighted by molar-refractivity contribution is 8.00. The highest BCUT2D eigenvalue weighted by atomic mass is 35.5. The van der Waals surface area contributed by atoms with Crippen LogP contribution in [0, 0.1) is 0 Å². The molecule has 0 radical (unpaired) electrons. The Morgan fingerprint density at radius 1 is 1.42 bits per heavy atom. The minimum atomic E-state index is -0.261. The van der Waals surface area contributed by atoms with Crippen LogP contribution in [-0.2, 0) is 20.8 Å². The molecule has 0 saturated heterocycles. The summed E-state index contributed by atoms with van der Waals surface area (Å²) in [6, 6.07) is 5.71. The molecule has 0 fully saturated rings. The fraction of sp³-hybridized carbons (Fsp3) is 0.462. The Labute approximate surface area is 122 Å². The number of halogens is 1. The molecule has 4 nitrogen and oxygen atoms in total. The number of rotatable bonds is 8. The van der Waals surface area contributed by atoms with Gasteiger partial charge in [-0.2, -0.15) is 0 Å². The van der Waals surface area contributed by atoms with Crippen LogP contribution in [0.2, 0.25) is 5.02 Å². The predicted molar refractivity (Wildman–Crippen MR) is 77.8 cm³/mol. The number of esters is 1. The number of hydrogen-bond acceptors (Lipinski definition) is 5. The summed E-state index contributed by atoms with van der Waals surface area (Å²) in [7, 11) is 3.04. The van der Waals surface area contributed by atoms with Crippen LogP contribution >= 0.6 is 23.4 Å². The van der Waals surface area contributed by atoms with Gasteiger partial charge in [0.1, 0.15) is 0 Å². The first kappa shape index (κ1) is 16.3. The molecule has 0 aliphatic carbocycles. The van der Waals surface area contributed by atoms with E-state index in [0.717, 1.165) is 17.0 Å². The largest absolute Gasteiger partial charge is 0.468 e. The lowest BCUT2D eigenvalue weighted by Gasteiger charge is -2.11. The van der Waals surface area contributed by atoms with Crippen molar-refractivity contribution in [1.82, 2.24) is 5.32 Å². The molecule has 0 unspecified atom stereocenters. The maximum Gasteiger partial charge on any atom is 0.315 e. The fourth-order valence-electron chi connectivity index (χ4n) is 1.44. The third-order valence-corrected chi connectivity index (χ3v) is 3.99. The number of carbonyl (C=O) groups is 1. The SMILES string of the molecule is COCCNCc1cccc(Cl)c1SCC(=O)OC. The first-order valence-corrected chi connectivity index (χ1v) is 7.22. The van der Waals surface area contributed by atoms with E-state index in [0.29, 0.717) is 18.2 Å². The zero-order chi connectivity index (χ0) is 14.1. The van der Waals surface area contributed by atoms with E-state index in [1.54, 1.807) is 7.11 Å². The normalized spacial score (nSPS) is 10.5. The van der Waals surface area contributed by atoms with E-state index in [1.165, 1.54) is 18.9 Å². The molecule has 1 rings (SSSR count). The average Bonchev–Trinajstić information content (AvgIpc) is 2.42. The predicted octanol–water partition coefficient (Wildman–Crippen LogP) is 2.34. The van der Waals surface area contributed by atoms with Gasteiger partial charge in [-0.25, -0.2) is 0 Å². The molecule has 0 atom stereocenters. The van der Waals surface area contributed by atoms with E-state index in [4.69, 9.17) is 16.3 Å². The number of thioether (sulfide) groups is 1. The van der Waals surface area contributed by atoms with Gasteiger partial charge in [0.05, 0.1) is 24.5 Å². The molecule has 0 aromatic heterocycles. The van der Waals surface area contributed by atoms with Crippen molar-refractivity contribution in [3.63, 3.8) is 0 Å². The maximum absolute atomic E-state index is 11.2. The Morgan fingerprint density at radius 2 is 2.21 bits per heavy atom. The van der Waals surface area contributed by atoms with Crippen LogP contribution in [0.15, 0.2) is 23.1 Å². The second-order valence-electron chi connectivity index (χ2n) is 3.76. The van der Waals surface area contributed by atoms with Gasteiger partial charge >= 0.3 is 5.97 Å². The van der Waals surface area contributed by atoms with Gasteiger partial charge in [-0.05, 0) is 11.6 Å². The molecule has 1 aromatic rings. The average molecular weight is 304 g/mol. The Bertz CT molecular complexity index is 415. The highest BCUT2D eigenvalue weighted by Gasteiger charge is 2.10. The monoisotopic (exact) mass is 303 g/mol. The summed E-state index contributed by atoms with van der Waals surface area (Å²) in [4.78, 5) is 12.1. The fourth-order valence-corrected chi connectivity index (χ4v) is 2.71. The van der Waals surface area contributed by atoms with Gasteiger partial charge in [0, 0.05) is 25.1 Å². The molecule has 0 bridgehead atoms. The lowest BCUT2D eigenvalue weighted by Crippen LogP contribution is -2.19. The molecule has 1 N–H and O–H groups in total. The van der Waals surface area contributed by atoms with E-state index in [9.17, 15) is 4.79 Å². The number of carbonyl (C=O) groups excluding carboxylic acids is 1. The molecule has 0 heterocycles. The van der Waals surface area contributed by atoms with E-state index < -0.39 is 0 Å². The van der Waals surface area contributed by atoms with Gasteiger partial charge in [0.15, 0.2) is 0 Å². The summed E-state index contributed by atoms with van der Waals surface area (Å²) < 4.78 is 9.60. The van der Waals surface area contributed by atoms with Crippen LogP contribution in [0.3, 0.4) is 0 Å². The topological polar surface area (TPSA) is 47.6 Å². The summed E-state index contributed by atoms with van der Waals surface area (Å²) >= 11 is 7.56. The van der Waals surface area contributed by atoms with Gasteiger partial charge in [0.25, 0.3) is 0 Å². The van der Waals surface area contributed by atoms with Crippen molar-refractivity contribution < 1.29 is 14.3 Å². The molecule has 106 valence electrons. The molecular weight excluding hydrogens is 286 g/mol. The van der Waals surface area contributed by atoms with Crippen LogP contribution in [0.25, 0.3) is 0 Å². The Kier molecular flexibility index (Phi) is 7.90. The minimum Gasteiger partial charge on any atom is -0.468 e. The van der Waals surface area contributed by atoms with Crippen molar-refractivity contribution in [1.29, 1.82) is 0 Å². The summed E-state index contributed by atoms with van der Waals surface area (Å²) in [5.41, 5.74) is 1.07. The number of hydrogen-bond donors (Lipinski definition) is 1. The number of methoxy groups -OCH3 is 2. The van der Waals surface area contributed by atoms with Crippen molar-refractivity contribution in [2.75, 3.05) is 33.1 Å². The smallest absolute Gasteiger partial charge is 0.315 e. The van der Waals surface area contributed by atoms with Crippen molar-refractivity contribution in [2.24, 2.45) is 0 Å². The van der Waals surface area contributed by atoms with Crippen LogP contribution < -0.4 is 5.32 Å². The molecule has 0 saturated carbocycles. The third-order valence-electron chi connectivity index (χ3n) is 2.41. The number of nitrogens with one attached hydrogen (secondary N) is 1. The molecule has 0 aliphatic rings. The molecular formula is C13H18ClNO3S. The van der Waals surface area contributed by atoms with Crippen LogP contribution in [0.1, 0.15) is 5.56 Å². The van der Waals surface area contributed by atoms with Crippen molar-refractivity contribution in [2.45, 2.75) is 11.4 Å². The maximum atomic E-state index is 11.2. The standard InChI is InChI=1S/C13H18ClNO3S/c1-17-7-6-15-8-10-4-3-5-11(14)13(10)19-9-12(16)18-2/h3-5,15H,6-9H2,1-2H3. The van der Waals surface area contributed by atoms with Crippen LogP contribution in [-0.4, -0.2) is 39.1 Å². The van der Waals surface area contributed by atoms with Gasteiger partial charge in [-0.3, -0.25) is 4.79 Å². The third kappa shape index (κ3) is 5.82. The quantitative estimate of drug-likeness (QED) is 0.454. The van der Waals surface area contributed by atoms with Crippen molar-refractivity contribution in [3.05, 3.63) is 28.8 Å². The molecule has 6 heteroatoms. The Morgan fingerprint density at radius 3 is 2.89 bits per heavy atom. The minimum absolute atomic E-state index is 0.255. The molecule has 1 aromatic carbocycles. The molecule has 0 aliphatic heterocycles. The van der Waals surface area contributed by atoms with Crippen molar-refractivity contribution in [3.8, 4) is 0 Å². The Hall–Kier alpha value is -0.750. The van der Waals surface area contributed by atoms with Crippen LogP contribution in [0.4, 0.5) is 0 Å². The first-order chi connectivity index (χ1) is 9.19. The number of benzene rings is 1. The zero-order valence-electron chi connectivity index (χ0n) is 11.1. The van der Waals surface area contributed by atoms with Crippen molar-refractivity contribution >= 4 is 29.3 Å². The van der Waals surface area contributed by atoms with E-state index in [1.807, 2.05) is 18.2 Å². The highest BCUT2D eigenvalue weighted by Crippen LogP contribution is 2.30. The number of ether oxygens (including phenoxy) is 2. The second-order valence-corrected chi connectivity index (χ2v) is 5.16. The van der Waals surface area contributed by atoms with Gasteiger partial charge in [-0.15, -0.1) is 11.8 Å².